The maximum atomic E-state index is 11.6. The summed E-state index contributed by atoms with van der Waals surface area (Å²) in [5.41, 5.74) is 1.54. The fourth-order valence-electron chi connectivity index (χ4n) is 2.44. The van der Waals surface area contributed by atoms with Gasteiger partial charge in [0.25, 0.3) is 0 Å². The van der Waals surface area contributed by atoms with Crippen molar-refractivity contribution in [1.29, 1.82) is 0 Å². The van der Waals surface area contributed by atoms with Crippen molar-refractivity contribution >= 4 is 29.1 Å². The molecule has 0 N–H and O–H groups in total. The molecular weight excluding hydrogens is 324 g/mol. The van der Waals surface area contributed by atoms with Crippen LogP contribution in [-0.4, -0.2) is 28.0 Å². The van der Waals surface area contributed by atoms with Gasteiger partial charge in [-0.2, -0.15) is 5.10 Å². The number of fused-ring (bicyclic) bond motifs is 1. The summed E-state index contributed by atoms with van der Waals surface area (Å²) in [5.74, 6) is -0.116. The molecule has 25 heavy (non-hydrogen) atoms. The Kier molecular flexibility index (Phi) is 4.30. The molecule has 1 aromatic heterocycles. The van der Waals surface area contributed by atoms with Gasteiger partial charge in [0.15, 0.2) is 6.29 Å². The van der Waals surface area contributed by atoms with Crippen molar-refractivity contribution in [2.75, 3.05) is 0 Å². The average Bonchev–Trinajstić information content (AvgIpc) is 2.92. The summed E-state index contributed by atoms with van der Waals surface area (Å²) >= 11 is 0. The molecule has 0 bridgehead atoms. The zero-order valence-corrected chi connectivity index (χ0v) is 13.6. The number of nitrogens with zero attached hydrogens (tertiary/aromatic N) is 2. The van der Waals surface area contributed by atoms with Crippen molar-refractivity contribution in [1.82, 2.24) is 9.78 Å². The predicted octanol–water partition coefficient (Wildman–Crippen LogP) is 2.69. The van der Waals surface area contributed by atoms with Crippen LogP contribution in [0.4, 0.5) is 0 Å². The third kappa shape index (κ3) is 3.40. The molecule has 0 spiro atoms. The lowest BCUT2D eigenvalue weighted by atomic mass is 10.2. The normalized spacial score (nSPS) is 10.5. The molecule has 7 nitrogen and oxygen atoms in total. The van der Waals surface area contributed by atoms with E-state index in [2.05, 4.69) is 5.10 Å². The predicted molar refractivity (Wildman–Crippen MR) is 89.1 cm³/mol. The molecule has 0 saturated heterocycles. The monoisotopic (exact) mass is 338 g/mol. The summed E-state index contributed by atoms with van der Waals surface area (Å²) in [5, 5.41) is 4.97. The Bertz CT molecular complexity index is 973. The van der Waals surface area contributed by atoms with Crippen molar-refractivity contribution in [3.05, 3.63) is 48.2 Å². The summed E-state index contributed by atoms with van der Waals surface area (Å²) < 4.78 is 11.5. The molecule has 7 heteroatoms. The Labute approximate surface area is 142 Å². The van der Waals surface area contributed by atoms with Crippen LogP contribution in [0, 0.1) is 0 Å². The highest BCUT2D eigenvalue weighted by Gasteiger charge is 2.14. The number of carbonyl (C=O) groups excluding carboxylic acids is 3. The molecule has 0 radical (unpaired) electrons. The molecule has 0 saturated carbocycles. The maximum Gasteiger partial charge on any atom is 0.308 e. The van der Waals surface area contributed by atoms with Gasteiger partial charge in [-0.15, -0.1) is 0 Å². The zero-order valence-electron chi connectivity index (χ0n) is 13.6. The van der Waals surface area contributed by atoms with Crippen LogP contribution in [0.3, 0.4) is 0 Å². The van der Waals surface area contributed by atoms with Crippen LogP contribution in [0.1, 0.15) is 24.3 Å². The van der Waals surface area contributed by atoms with E-state index in [0.717, 1.165) is 0 Å². The molecule has 0 aliphatic heterocycles. The van der Waals surface area contributed by atoms with E-state index in [-0.39, 0.29) is 0 Å². The van der Waals surface area contributed by atoms with Gasteiger partial charge in [0.2, 0.25) is 0 Å². The Balaban J connectivity index is 2.05. The van der Waals surface area contributed by atoms with Crippen LogP contribution in [0.15, 0.2) is 42.5 Å². The molecule has 0 atom stereocenters. The number of aldehydes is 1. The third-order valence-corrected chi connectivity index (χ3v) is 3.40. The van der Waals surface area contributed by atoms with Crippen LogP contribution in [-0.2, 0) is 9.59 Å². The van der Waals surface area contributed by atoms with Crippen LogP contribution < -0.4 is 9.47 Å². The first-order chi connectivity index (χ1) is 12.0. The Morgan fingerprint density at radius 1 is 0.960 bits per heavy atom. The highest BCUT2D eigenvalue weighted by molar-refractivity contribution is 5.96. The minimum atomic E-state index is -0.444. The van der Waals surface area contributed by atoms with Crippen LogP contribution in [0.5, 0.6) is 11.5 Å². The summed E-state index contributed by atoms with van der Waals surface area (Å²) in [4.78, 5) is 33.6. The molecule has 0 aliphatic carbocycles. The van der Waals surface area contributed by atoms with Gasteiger partial charge >= 0.3 is 11.9 Å². The van der Waals surface area contributed by atoms with Gasteiger partial charge in [-0.25, -0.2) is 4.68 Å². The first-order valence-corrected chi connectivity index (χ1v) is 7.43. The molecule has 1 heterocycles. The second kappa shape index (κ2) is 6.56. The number of benzene rings is 2. The molecule has 126 valence electrons. The minimum absolute atomic E-state index is 0.323. The third-order valence-electron chi connectivity index (χ3n) is 3.40. The van der Waals surface area contributed by atoms with E-state index in [4.69, 9.17) is 9.47 Å². The standard InChI is InChI=1S/C18H14N2O5/c1-11(22)24-14-5-3-13(4-6-14)20-18(10-21)16-9-15(25-12(2)23)7-8-17(16)19-20/h3-10H,1-2H3. The SMILES string of the molecule is CC(=O)Oc1ccc(-n2nc3ccc(OC(C)=O)cc3c2C=O)cc1. The number of ether oxygens (including phenoxy) is 2. The van der Waals surface area contributed by atoms with E-state index in [1.54, 1.807) is 42.5 Å². The van der Waals surface area contributed by atoms with E-state index < -0.39 is 11.9 Å². The van der Waals surface area contributed by atoms with E-state index in [1.807, 2.05) is 0 Å². The highest BCUT2D eigenvalue weighted by atomic mass is 16.5. The largest absolute Gasteiger partial charge is 0.427 e. The minimum Gasteiger partial charge on any atom is -0.427 e. The molecular formula is C18H14N2O5. The number of carbonyl (C=O) groups is 3. The molecule has 0 unspecified atom stereocenters. The van der Waals surface area contributed by atoms with Gasteiger partial charge in [-0.05, 0) is 42.5 Å². The van der Waals surface area contributed by atoms with Gasteiger partial charge in [0.05, 0.1) is 11.2 Å². The van der Waals surface area contributed by atoms with Crippen LogP contribution in [0.2, 0.25) is 0 Å². The van der Waals surface area contributed by atoms with Crippen molar-refractivity contribution in [3.63, 3.8) is 0 Å². The number of hydrogen-bond donors (Lipinski definition) is 0. The fourth-order valence-corrected chi connectivity index (χ4v) is 2.44. The van der Waals surface area contributed by atoms with Crippen molar-refractivity contribution in [3.8, 4) is 17.2 Å². The lowest BCUT2D eigenvalue weighted by Crippen LogP contribution is -2.03. The van der Waals surface area contributed by atoms with Gasteiger partial charge in [0.1, 0.15) is 17.2 Å². The summed E-state index contributed by atoms with van der Waals surface area (Å²) in [6, 6.07) is 11.5. The van der Waals surface area contributed by atoms with Gasteiger partial charge in [0, 0.05) is 19.2 Å². The second-order valence-electron chi connectivity index (χ2n) is 5.28. The lowest BCUT2D eigenvalue weighted by Gasteiger charge is -2.05. The molecule has 0 fully saturated rings. The first-order valence-electron chi connectivity index (χ1n) is 7.43. The number of hydrogen-bond acceptors (Lipinski definition) is 6. The fraction of sp³-hybridized carbons (Fsp3) is 0.111. The Morgan fingerprint density at radius 3 is 2.16 bits per heavy atom. The smallest absolute Gasteiger partial charge is 0.308 e. The molecule has 3 aromatic rings. The topological polar surface area (TPSA) is 87.5 Å². The van der Waals surface area contributed by atoms with Crippen molar-refractivity contribution < 1.29 is 23.9 Å². The van der Waals surface area contributed by atoms with Gasteiger partial charge < -0.3 is 9.47 Å². The van der Waals surface area contributed by atoms with E-state index in [0.29, 0.717) is 40.1 Å². The highest BCUT2D eigenvalue weighted by Crippen LogP contribution is 2.26. The van der Waals surface area contributed by atoms with Crippen molar-refractivity contribution in [2.24, 2.45) is 0 Å². The summed E-state index contributed by atoms with van der Waals surface area (Å²) in [6.07, 6.45) is 0.687. The quantitative estimate of drug-likeness (QED) is 0.413. The molecule has 2 aromatic carbocycles. The molecule has 0 aliphatic rings. The Hall–Kier alpha value is -3.48. The number of aromatic nitrogens is 2. The Morgan fingerprint density at radius 2 is 1.56 bits per heavy atom. The second-order valence-corrected chi connectivity index (χ2v) is 5.28. The maximum absolute atomic E-state index is 11.6. The van der Waals surface area contributed by atoms with Crippen LogP contribution >= 0.6 is 0 Å². The van der Waals surface area contributed by atoms with Gasteiger partial charge in [-0.3, -0.25) is 14.4 Å². The van der Waals surface area contributed by atoms with E-state index >= 15 is 0 Å². The number of rotatable bonds is 4. The summed E-state index contributed by atoms with van der Waals surface area (Å²) in [6.45, 7) is 2.62. The van der Waals surface area contributed by atoms with Crippen molar-refractivity contribution in [2.45, 2.75) is 13.8 Å². The van der Waals surface area contributed by atoms with Gasteiger partial charge in [-0.1, -0.05) is 0 Å². The molecule has 0 amide bonds. The first kappa shape index (κ1) is 16.4. The van der Waals surface area contributed by atoms with Crippen LogP contribution in [0.25, 0.3) is 16.6 Å². The lowest BCUT2D eigenvalue weighted by molar-refractivity contribution is -0.132. The summed E-state index contributed by atoms with van der Waals surface area (Å²) in [7, 11) is 0. The zero-order chi connectivity index (χ0) is 18.0. The molecule has 3 rings (SSSR count). The number of esters is 2. The average molecular weight is 338 g/mol. The van der Waals surface area contributed by atoms with E-state index in [1.165, 1.54) is 18.5 Å². The van der Waals surface area contributed by atoms with E-state index in [9.17, 15) is 14.4 Å².